The summed E-state index contributed by atoms with van der Waals surface area (Å²) < 4.78 is 14.2. The van der Waals surface area contributed by atoms with Crippen molar-refractivity contribution in [2.45, 2.75) is 13.0 Å². The molecule has 6 rings (SSSR count). The minimum absolute atomic E-state index is 0.275. The molecule has 0 bridgehead atoms. The van der Waals surface area contributed by atoms with E-state index >= 15 is 0 Å². The first-order valence-electron chi connectivity index (χ1n) is 13.0. The van der Waals surface area contributed by atoms with Gasteiger partial charge in [0.25, 0.3) is 5.56 Å². The number of halogens is 1. The lowest BCUT2D eigenvalue weighted by Crippen LogP contribution is -2.39. The molecule has 0 N–H and O–H groups in total. The number of esters is 1. The van der Waals surface area contributed by atoms with Crippen LogP contribution in [0.1, 0.15) is 24.1 Å². The average molecular weight is 597 g/mol. The van der Waals surface area contributed by atoms with Crippen molar-refractivity contribution >= 4 is 35.0 Å². The molecule has 0 amide bonds. The first kappa shape index (κ1) is 27.4. The van der Waals surface area contributed by atoms with Gasteiger partial charge in [-0.15, -0.1) is 0 Å². The van der Waals surface area contributed by atoms with Gasteiger partial charge in [-0.05, 0) is 55.0 Å². The van der Waals surface area contributed by atoms with Crippen LogP contribution >= 0.6 is 22.9 Å². The summed E-state index contributed by atoms with van der Waals surface area (Å²) in [5.74, 6) is 0.122. The van der Waals surface area contributed by atoms with E-state index in [9.17, 15) is 9.59 Å². The summed E-state index contributed by atoms with van der Waals surface area (Å²) in [6.45, 7) is 1.75. The normalized spacial score (nSPS) is 14.9. The van der Waals surface area contributed by atoms with E-state index in [0.717, 1.165) is 22.4 Å². The minimum atomic E-state index is -0.718. The van der Waals surface area contributed by atoms with Gasteiger partial charge in [-0.2, -0.15) is 5.10 Å². The summed E-state index contributed by atoms with van der Waals surface area (Å²) in [6, 6.07) is 23.7. The smallest absolute Gasteiger partial charge is 0.338 e. The van der Waals surface area contributed by atoms with Crippen LogP contribution < -0.4 is 19.6 Å². The number of para-hydroxylation sites is 1. The third kappa shape index (κ3) is 4.97. The van der Waals surface area contributed by atoms with E-state index in [1.54, 1.807) is 35.4 Å². The molecule has 2 aromatic heterocycles. The van der Waals surface area contributed by atoms with E-state index in [1.165, 1.54) is 18.4 Å². The second-order valence-electron chi connectivity index (χ2n) is 9.57. The Morgan fingerprint density at radius 2 is 1.71 bits per heavy atom. The van der Waals surface area contributed by atoms with Crippen LogP contribution in [0.4, 0.5) is 0 Å². The number of ether oxygens (including phenoxy) is 2. The molecule has 10 heteroatoms. The van der Waals surface area contributed by atoms with E-state index in [2.05, 4.69) is 4.99 Å². The Balaban J connectivity index is 1.56. The average Bonchev–Trinajstić information content (AvgIpc) is 3.57. The second kappa shape index (κ2) is 11.3. The molecule has 1 atom stereocenters. The van der Waals surface area contributed by atoms with Gasteiger partial charge in [0, 0.05) is 22.3 Å². The molecule has 1 aliphatic heterocycles. The molecule has 3 heterocycles. The highest BCUT2D eigenvalue weighted by molar-refractivity contribution is 7.07. The zero-order valence-electron chi connectivity index (χ0n) is 22.9. The molecule has 0 radical (unpaired) electrons. The van der Waals surface area contributed by atoms with Crippen molar-refractivity contribution in [3.63, 3.8) is 0 Å². The van der Waals surface area contributed by atoms with Crippen LogP contribution in [0.5, 0.6) is 5.75 Å². The van der Waals surface area contributed by atoms with Crippen LogP contribution in [0.15, 0.2) is 106 Å². The molecule has 0 saturated heterocycles. The summed E-state index contributed by atoms with van der Waals surface area (Å²) in [4.78, 5) is 32.2. The van der Waals surface area contributed by atoms with Crippen LogP contribution in [0.25, 0.3) is 23.0 Å². The Labute approximate surface area is 250 Å². The molecule has 0 spiro atoms. The van der Waals surface area contributed by atoms with Crippen molar-refractivity contribution in [3.8, 4) is 22.7 Å². The van der Waals surface area contributed by atoms with Gasteiger partial charge in [0.15, 0.2) is 4.80 Å². The lowest BCUT2D eigenvalue weighted by atomic mass is 9.96. The quantitative estimate of drug-likeness (QED) is 0.260. The number of methoxy groups -OCH3 is 2. The van der Waals surface area contributed by atoms with Crippen LogP contribution in [0.3, 0.4) is 0 Å². The van der Waals surface area contributed by atoms with E-state index in [4.69, 9.17) is 26.2 Å². The molecular formula is C32H25ClN4O4S. The number of carbonyl (C=O) groups is 1. The molecule has 0 aliphatic carbocycles. The number of thiazole rings is 1. The van der Waals surface area contributed by atoms with E-state index in [0.29, 0.717) is 37.1 Å². The molecule has 3 aromatic carbocycles. The van der Waals surface area contributed by atoms with Gasteiger partial charge >= 0.3 is 5.97 Å². The van der Waals surface area contributed by atoms with Crippen molar-refractivity contribution in [1.29, 1.82) is 0 Å². The van der Waals surface area contributed by atoms with Crippen molar-refractivity contribution in [2.75, 3.05) is 14.2 Å². The maximum absolute atomic E-state index is 14.1. The standard InChI is InChI=1S/C32H25ClN4O4S/c1-19-27(31(39)41-3)29(21-11-15-25(40-2)16-12-21)37-30(38)26(42-32(37)34-19)17-22-18-36(24-7-5-4-6-8-24)35-28(22)20-9-13-23(33)14-10-20/h4-18,29H,1-3H3/t29-/m1/s1. The minimum Gasteiger partial charge on any atom is -0.497 e. The van der Waals surface area contributed by atoms with Crippen molar-refractivity contribution in [3.05, 3.63) is 132 Å². The third-order valence-electron chi connectivity index (χ3n) is 7.03. The Morgan fingerprint density at radius 3 is 2.38 bits per heavy atom. The highest BCUT2D eigenvalue weighted by atomic mass is 35.5. The first-order valence-corrected chi connectivity index (χ1v) is 14.2. The largest absolute Gasteiger partial charge is 0.497 e. The number of aromatic nitrogens is 3. The fourth-order valence-electron chi connectivity index (χ4n) is 4.97. The lowest BCUT2D eigenvalue weighted by molar-refractivity contribution is -0.136. The fraction of sp³-hybridized carbons (Fsp3) is 0.125. The molecule has 42 heavy (non-hydrogen) atoms. The summed E-state index contributed by atoms with van der Waals surface area (Å²) in [6.07, 6.45) is 3.71. The van der Waals surface area contributed by atoms with Crippen molar-refractivity contribution in [2.24, 2.45) is 4.99 Å². The van der Waals surface area contributed by atoms with Gasteiger partial charge in [-0.1, -0.05) is 65.4 Å². The number of carbonyl (C=O) groups excluding carboxylic acids is 1. The molecule has 1 aliphatic rings. The van der Waals surface area contributed by atoms with Gasteiger partial charge < -0.3 is 9.47 Å². The summed E-state index contributed by atoms with van der Waals surface area (Å²) in [5.41, 5.74) is 4.44. The molecule has 210 valence electrons. The topological polar surface area (TPSA) is 87.7 Å². The Bertz CT molecular complexity index is 2010. The number of nitrogens with zero attached hydrogens (tertiary/aromatic N) is 4. The first-order chi connectivity index (χ1) is 20.4. The summed E-state index contributed by atoms with van der Waals surface area (Å²) >= 11 is 7.41. The van der Waals surface area contributed by atoms with Crippen LogP contribution in [-0.2, 0) is 9.53 Å². The number of allylic oxidation sites excluding steroid dienone is 1. The van der Waals surface area contributed by atoms with Crippen LogP contribution in [0.2, 0.25) is 5.02 Å². The SMILES string of the molecule is COC(=O)C1=C(C)N=c2sc(=Cc3cn(-c4ccccc4)nc3-c3ccc(Cl)cc3)c(=O)n2[C@@H]1c1ccc(OC)cc1. The molecular weight excluding hydrogens is 572 g/mol. The Morgan fingerprint density at radius 1 is 1.00 bits per heavy atom. The predicted molar refractivity (Wildman–Crippen MR) is 163 cm³/mol. The van der Waals surface area contributed by atoms with E-state index in [-0.39, 0.29) is 5.56 Å². The maximum Gasteiger partial charge on any atom is 0.338 e. The maximum atomic E-state index is 14.1. The highest BCUT2D eigenvalue weighted by Crippen LogP contribution is 2.32. The molecule has 5 aromatic rings. The zero-order chi connectivity index (χ0) is 29.4. The number of hydrogen-bond donors (Lipinski definition) is 0. The fourth-order valence-corrected chi connectivity index (χ4v) is 6.14. The Hall–Kier alpha value is -4.73. The van der Waals surface area contributed by atoms with E-state index in [1.807, 2.05) is 79.0 Å². The van der Waals surface area contributed by atoms with Crippen molar-refractivity contribution in [1.82, 2.24) is 14.3 Å². The van der Waals surface area contributed by atoms with Gasteiger partial charge in [-0.3, -0.25) is 9.36 Å². The number of benzene rings is 3. The van der Waals surface area contributed by atoms with Gasteiger partial charge in [0.2, 0.25) is 0 Å². The van der Waals surface area contributed by atoms with Crippen molar-refractivity contribution < 1.29 is 14.3 Å². The van der Waals surface area contributed by atoms with Gasteiger partial charge in [0.1, 0.15) is 11.4 Å². The van der Waals surface area contributed by atoms with Gasteiger partial charge in [-0.25, -0.2) is 14.5 Å². The third-order valence-corrected chi connectivity index (χ3v) is 8.26. The Kier molecular flexibility index (Phi) is 7.36. The summed E-state index contributed by atoms with van der Waals surface area (Å²) in [5, 5.41) is 5.48. The second-order valence-corrected chi connectivity index (χ2v) is 11.0. The predicted octanol–water partition coefficient (Wildman–Crippen LogP) is 4.92. The molecule has 0 saturated carbocycles. The van der Waals surface area contributed by atoms with Gasteiger partial charge in [0.05, 0.1) is 41.8 Å². The molecule has 8 nitrogen and oxygen atoms in total. The highest BCUT2D eigenvalue weighted by Gasteiger charge is 2.33. The molecule has 0 fully saturated rings. The van der Waals surface area contributed by atoms with Crippen LogP contribution in [-0.4, -0.2) is 34.5 Å². The molecule has 0 unspecified atom stereocenters. The lowest BCUT2D eigenvalue weighted by Gasteiger charge is -2.24. The summed E-state index contributed by atoms with van der Waals surface area (Å²) in [7, 11) is 2.90. The monoisotopic (exact) mass is 596 g/mol. The van der Waals surface area contributed by atoms with E-state index < -0.39 is 12.0 Å². The van der Waals surface area contributed by atoms with Crippen LogP contribution in [0, 0.1) is 0 Å². The zero-order valence-corrected chi connectivity index (χ0v) is 24.5. The number of hydrogen-bond acceptors (Lipinski definition) is 7. The number of fused-ring (bicyclic) bond motifs is 1. The number of rotatable bonds is 6.